The van der Waals surface area contributed by atoms with Gasteiger partial charge in [0.25, 0.3) is 0 Å². The topological polar surface area (TPSA) is 90.7 Å². The molecule has 0 bridgehead atoms. The molecule has 0 aliphatic heterocycles. The van der Waals surface area contributed by atoms with Gasteiger partial charge < -0.3 is 14.6 Å². The standard InChI is InChI=1S/C14H13ClN2O5/c1-21-14(20)11-4-5-17(16-11)8-22-12-3-2-9(6-10(12)15)7-13(18)19/h2-6H,7-8H2,1H3,(H,18,19). The Labute approximate surface area is 131 Å². The minimum Gasteiger partial charge on any atom is -0.481 e. The number of aliphatic carboxylic acids is 1. The van der Waals surface area contributed by atoms with E-state index < -0.39 is 11.9 Å². The zero-order valence-corrected chi connectivity index (χ0v) is 12.4. The minimum atomic E-state index is -0.934. The van der Waals surface area contributed by atoms with Crippen molar-refractivity contribution in [2.24, 2.45) is 0 Å². The first-order chi connectivity index (χ1) is 10.5. The molecule has 0 aliphatic carbocycles. The van der Waals surface area contributed by atoms with Gasteiger partial charge >= 0.3 is 11.9 Å². The lowest BCUT2D eigenvalue weighted by Gasteiger charge is -2.09. The van der Waals surface area contributed by atoms with E-state index in [0.717, 1.165) is 0 Å². The highest BCUT2D eigenvalue weighted by Gasteiger charge is 2.10. The number of ether oxygens (including phenoxy) is 2. The van der Waals surface area contributed by atoms with Crippen LogP contribution in [0.25, 0.3) is 0 Å². The van der Waals surface area contributed by atoms with Crippen molar-refractivity contribution in [3.05, 3.63) is 46.7 Å². The van der Waals surface area contributed by atoms with Gasteiger partial charge in [0, 0.05) is 6.20 Å². The van der Waals surface area contributed by atoms with Crippen molar-refractivity contribution in [2.45, 2.75) is 13.2 Å². The fraction of sp³-hybridized carbons (Fsp3) is 0.214. The van der Waals surface area contributed by atoms with Crippen LogP contribution in [0.5, 0.6) is 5.75 Å². The SMILES string of the molecule is COC(=O)c1ccn(COc2ccc(CC(=O)O)cc2Cl)n1. The Bertz CT molecular complexity index is 698. The van der Waals surface area contributed by atoms with Crippen molar-refractivity contribution in [1.82, 2.24) is 9.78 Å². The Hall–Kier alpha value is -2.54. The third kappa shape index (κ3) is 3.98. The number of rotatable bonds is 6. The number of methoxy groups -OCH3 is 1. The molecule has 1 N–H and O–H groups in total. The van der Waals surface area contributed by atoms with Crippen LogP contribution in [0.15, 0.2) is 30.5 Å². The van der Waals surface area contributed by atoms with Crippen LogP contribution in [0.4, 0.5) is 0 Å². The summed E-state index contributed by atoms with van der Waals surface area (Å²) in [6.45, 7) is 0.0506. The van der Waals surface area contributed by atoms with Crippen LogP contribution in [0.2, 0.25) is 5.02 Å². The Morgan fingerprint density at radius 2 is 2.14 bits per heavy atom. The number of esters is 1. The maximum absolute atomic E-state index is 11.3. The fourth-order valence-electron chi connectivity index (χ4n) is 1.73. The van der Waals surface area contributed by atoms with Crippen LogP contribution < -0.4 is 4.74 Å². The molecule has 0 spiro atoms. The van der Waals surface area contributed by atoms with Crippen molar-refractivity contribution in [1.29, 1.82) is 0 Å². The number of nitrogens with zero attached hydrogens (tertiary/aromatic N) is 2. The average Bonchev–Trinajstić information content (AvgIpc) is 2.94. The first-order valence-electron chi connectivity index (χ1n) is 6.24. The molecule has 0 unspecified atom stereocenters. The lowest BCUT2D eigenvalue weighted by Crippen LogP contribution is -2.09. The van der Waals surface area contributed by atoms with Crippen molar-refractivity contribution in [2.75, 3.05) is 7.11 Å². The van der Waals surface area contributed by atoms with E-state index in [1.54, 1.807) is 18.3 Å². The second-order valence-electron chi connectivity index (χ2n) is 4.34. The molecule has 0 atom stereocenters. The Morgan fingerprint density at radius 1 is 1.36 bits per heavy atom. The van der Waals surface area contributed by atoms with Gasteiger partial charge in [0.15, 0.2) is 12.4 Å². The normalized spacial score (nSPS) is 10.3. The van der Waals surface area contributed by atoms with Gasteiger partial charge in [-0.2, -0.15) is 5.10 Å². The van der Waals surface area contributed by atoms with E-state index in [1.165, 1.54) is 23.9 Å². The van der Waals surface area contributed by atoms with E-state index in [-0.39, 0.29) is 18.8 Å². The summed E-state index contributed by atoms with van der Waals surface area (Å²) in [5, 5.41) is 13.0. The number of hydrogen-bond donors (Lipinski definition) is 1. The van der Waals surface area contributed by atoms with E-state index in [1.807, 2.05) is 0 Å². The largest absolute Gasteiger partial charge is 0.481 e. The number of halogens is 1. The molecule has 0 fully saturated rings. The van der Waals surface area contributed by atoms with Gasteiger partial charge in [-0.15, -0.1) is 0 Å². The highest BCUT2D eigenvalue weighted by molar-refractivity contribution is 6.32. The van der Waals surface area contributed by atoms with E-state index in [0.29, 0.717) is 16.3 Å². The van der Waals surface area contributed by atoms with Crippen LogP contribution in [-0.4, -0.2) is 33.9 Å². The van der Waals surface area contributed by atoms with Gasteiger partial charge in [-0.05, 0) is 23.8 Å². The number of aromatic nitrogens is 2. The first kappa shape index (κ1) is 15.8. The number of carbonyl (C=O) groups excluding carboxylic acids is 1. The summed E-state index contributed by atoms with van der Waals surface area (Å²) in [6.07, 6.45) is 1.46. The predicted molar refractivity (Wildman–Crippen MR) is 77.0 cm³/mol. The van der Waals surface area contributed by atoms with Crippen LogP contribution >= 0.6 is 11.6 Å². The van der Waals surface area contributed by atoms with Gasteiger partial charge in [0.2, 0.25) is 0 Å². The Balaban J connectivity index is 2.01. The van der Waals surface area contributed by atoms with E-state index in [4.69, 9.17) is 21.4 Å². The molecule has 2 rings (SSSR count). The van der Waals surface area contributed by atoms with Crippen LogP contribution in [-0.2, 0) is 22.7 Å². The lowest BCUT2D eigenvalue weighted by molar-refractivity contribution is -0.136. The minimum absolute atomic E-state index is 0.0506. The highest BCUT2D eigenvalue weighted by Crippen LogP contribution is 2.26. The quantitative estimate of drug-likeness (QED) is 0.817. The molecule has 1 heterocycles. The van der Waals surface area contributed by atoms with E-state index >= 15 is 0 Å². The van der Waals surface area contributed by atoms with Crippen molar-refractivity contribution in [3.63, 3.8) is 0 Å². The molecule has 1 aromatic carbocycles. The Morgan fingerprint density at radius 3 is 2.77 bits per heavy atom. The zero-order chi connectivity index (χ0) is 16.1. The molecule has 0 saturated heterocycles. The molecular formula is C14H13ClN2O5. The summed E-state index contributed by atoms with van der Waals surface area (Å²) in [5.41, 5.74) is 0.755. The second kappa shape index (κ2) is 6.95. The third-order valence-electron chi connectivity index (χ3n) is 2.74. The fourth-order valence-corrected chi connectivity index (χ4v) is 1.99. The number of carboxylic acids is 1. The maximum atomic E-state index is 11.3. The smallest absolute Gasteiger partial charge is 0.358 e. The van der Waals surface area contributed by atoms with Crippen LogP contribution in [0.1, 0.15) is 16.1 Å². The molecule has 8 heteroatoms. The summed E-state index contributed by atoms with van der Waals surface area (Å²) < 4.78 is 11.4. The van der Waals surface area contributed by atoms with Crippen molar-refractivity contribution < 1.29 is 24.2 Å². The number of carboxylic acid groups (broad SMARTS) is 1. The van der Waals surface area contributed by atoms with Crippen LogP contribution in [0.3, 0.4) is 0 Å². The second-order valence-corrected chi connectivity index (χ2v) is 4.75. The molecular weight excluding hydrogens is 312 g/mol. The van der Waals surface area contributed by atoms with Crippen molar-refractivity contribution >= 4 is 23.5 Å². The molecule has 116 valence electrons. The maximum Gasteiger partial charge on any atom is 0.358 e. The highest BCUT2D eigenvalue weighted by atomic mass is 35.5. The van der Waals surface area contributed by atoms with Gasteiger partial charge in [-0.25, -0.2) is 9.48 Å². The molecule has 0 saturated carbocycles. The summed E-state index contributed by atoms with van der Waals surface area (Å²) in [7, 11) is 1.27. The van der Waals surface area contributed by atoms with Gasteiger partial charge in [0.1, 0.15) is 5.75 Å². The molecule has 22 heavy (non-hydrogen) atoms. The van der Waals surface area contributed by atoms with Crippen molar-refractivity contribution in [3.8, 4) is 5.75 Å². The summed E-state index contributed by atoms with van der Waals surface area (Å²) in [5.74, 6) is -1.07. The molecule has 1 aromatic heterocycles. The third-order valence-corrected chi connectivity index (χ3v) is 3.03. The number of hydrogen-bond acceptors (Lipinski definition) is 5. The summed E-state index contributed by atoms with van der Waals surface area (Å²) in [6, 6.07) is 6.25. The lowest BCUT2D eigenvalue weighted by atomic mass is 10.1. The summed E-state index contributed by atoms with van der Waals surface area (Å²) in [4.78, 5) is 21.9. The molecule has 0 aliphatic rings. The first-order valence-corrected chi connectivity index (χ1v) is 6.62. The van der Waals surface area contributed by atoms with Gasteiger partial charge in [0.05, 0.1) is 18.6 Å². The molecule has 2 aromatic rings. The monoisotopic (exact) mass is 324 g/mol. The summed E-state index contributed by atoms with van der Waals surface area (Å²) >= 11 is 6.04. The zero-order valence-electron chi connectivity index (χ0n) is 11.7. The van der Waals surface area contributed by atoms with Gasteiger partial charge in [-0.3, -0.25) is 4.79 Å². The van der Waals surface area contributed by atoms with Gasteiger partial charge in [-0.1, -0.05) is 17.7 Å². The number of carbonyl (C=O) groups is 2. The number of benzene rings is 1. The van der Waals surface area contributed by atoms with E-state index in [9.17, 15) is 9.59 Å². The Kier molecular flexibility index (Phi) is 5.00. The molecule has 7 nitrogen and oxygen atoms in total. The van der Waals surface area contributed by atoms with Crippen LogP contribution in [0, 0.1) is 0 Å². The molecule has 0 radical (unpaired) electrons. The predicted octanol–water partition coefficient (Wildman–Crippen LogP) is 1.99. The molecule has 0 amide bonds. The van der Waals surface area contributed by atoms with E-state index in [2.05, 4.69) is 9.84 Å². The average molecular weight is 325 g/mol.